The van der Waals surface area contributed by atoms with Gasteiger partial charge in [0.05, 0.1) is 0 Å². The molecule has 114 valence electrons. The van der Waals surface area contributed by atoms with Crippen LogP contribution in [0, 0.1) is 0 Å². The van der Waals surface area contributed by atoms with E-state index in [0.717, 1.165) is 6.42 Å². The number of fused-ring (bicyclic) bond motifs is 3. The van der Waals surface area contributed by atoms with E-state index in [9.17, 15) is 0 Å². The highest BCUT2D eigenvalue weighted by Crippen LogP contribution is 2.48. The van der Waals surface area contributed by atoms with Gasteiger partial charge in [-0.1, -0.05) is 48.9 Å². The fourth-order valence-corrected chi connectivity index (χ4v) is 4.52. The summed E-state index contributed by atoms with van der Waals surface area (Å²) >= 11 is 0. The van der Waals surface area contributed by atoms with Gasteiger partial charge in [-0.2, -0.15) is 0 Å². The van der Waals surface area contributed by atoms with Crippen molar-refractivity contribution in [1.29, 1.82) is 0 Å². The minimum Gasteiger partial charge on any atom is -0.330 e. The molecule has 1 fully saturated rings. The van der Waals surface area contributed by atoms with Gasteiger partial charge >= 0.3 is 0 Å². The minimum absolute atomic E-state index is 0.348. The van der Waals surface area contributed by atoms with Crippen molar-refractivity contribution in [2.24, 2.45) is 11.5 Å². The zero-order valence-electron chi connectivity index (χ0n) is 13.0. The SMILES string of the molecule is NCC1c2ccccc2-c2cccc(C3CCCC(N)C3)c21. The molecule has 4 N–H and O–H groups in total. The summed E-state index contributed by atoms with van der Waals surface area (Å²) in [5.41, 5.74) is 19.5. The van der Waals surface area contributed by atoms with Crippen LogP contribution in [0.15, 0.2) is 42.5 Å². The van der Waals surface area contributed by atoms with Crippen molar-refractivity contribution in [3.05, 3.63) is 59.2 Å². The second-order valence-corrected chi connectivity index (χ2v) is 6.81. The fourth-order valence-electron chi connectivity index (χ4n) is 4.52. The Hall–Kier alpha value is -1.64. The zero-order chi connectivity index (χ0) is 15.1. The van der Waals surface area contributed by atoms with Crippen molar-refractivity contribution in [2.45, 2.75) is 43.6 Å². The highest BCUT2D eigenvalue weighted by Gasteiger charge is 2.32. The topological polar surface area (TPSA) is 52.0 Å². The maximum Gasteiger partial charge on any atom is 0.0227 e. The van der Waals surface area contributed by atoms with Crippen LogP contribution < -0.4 is 11.5 Å². The van der Waals surface area contributed by atoms with Crippen molar-refractivity contribution >= 4 is 0 Å². The molecule has 2 aromatic carbocycles. The first-order valence-corrected chi connectivity index (χ1v) is 8.47. The van der Waals surface area contributed by atoms with Crippen LogP contribution in [0.25, 0.3) is 11.1 Å². The Labute approximate surface area is 132 Å². The van der Waals surface area contributed by atoms with Crippen molar-refractivity contribution in [3.8, 4) is 11.1 Å². The van der Waals surface area contributed by atoms with Crippen LogP contribution in [0.4, 0.5) is 0 Å². The van der Waals surface area contributed by atoms with E-state index in [0.29, 0.717) is 24.4 Å². The molecule has 2 aliphatic carbocycles. The summed E-state index contributed by atoms with van der Waals surface area (Å²) in [6.45, 7) is 0.680. The molecule has 3 atom stereocenters. The van der Waals surface area contributed by atoms with Crippen molar-refractivity contribution in [3.63, 3.8) is 0 Å². The molecule has 2 aromatic rings. The summed E-state index contributed by atoms with van der Waals surface area (Å²) in [6.07, 6.45) is 4.80. The second kappa shape index (κ2) is 5.53. The van der Waals surface area contributed by atoms with E-state index < -0.39 is 0 Å². The zero-order valence-corrected chi connectivity index (χ0v) is 13.0. The van der Waals surface area contributed by atoms with E-state index in [1.54, 1.807) is 0 Å². The summed E-state index contributed by atoms with van der Waals surface area (Å²) in [5, 5.41) is 0. The standard InChI is InChI=1S/C20H24N2/c21-12-19-17-8-2-1-7-16(17)18-10-4-9-15(20(18)19)13-5-3-6-14(22)11-13/h1-2,4,7-10,13-14,19H,3,5-6,11-12,21-22H2. The second-order valence-electron chi connectivity index (χ2n) is 6.81. The summed E-state index contributed by atoms with van der Waals surface area (Å²) in [7, 11) is 0. The Morgan fingerprint density at radius 3 is 2.50 bits per heavy atom. The quantitative estimate of drug-likeness (QED) is 0.886. The first-order valence-electron chi connectivity index (χ1n) is 8.47. The highest BCUT2D eigenvalue weighted by molar-refractivity contribution is 5.80. The molecule has 0 bridgehead atoms. The Balaban J connectivity index is 1.84. The number of hydrogen-bond acceptors (Lipinski definition) is 2. The number of hydrogen-bond donors (Lipinski definition) is 2. The summed E-state index contributed by atoms with van der Waals surface area (Å²) in [6, 6.07) is 15.9. The van der Waals surface area contributed by atoms with Crippen molar-refractivity contribution < 1.29 is 0 Å². The molecule has 0 aliphatic heterocycles. The molecule has 2 aliphatic rings. The Bertz CT molecular complexity index is 692. The van der Waals surface area contributed by atoms with E-state index in [4.69, 9.17) is 11.5 Å². The molecule has 0 saturated heterocycles. The maximum atomic E-state index is 6.23. The lowest BCUT2D eigenvalue weighted by Gasteiger charge is -2.29. The van der Waals surface area contributed by atoms with Crippen LogP contribution in [0.5, 0.6) is 0 Å². The monoisotopic (exact) mass is 292 g/mol. The molecule has 2 nitrogen and oxygen atoms in total. The average molecular weight is 292 g/mol. The van der Waals surface area contributed by atoms with Gasteiger partial charge < -0.3 is 11.5 Å². The Morgan fingerprint density at radius 1 is 0.909 bits per heavy atom. The maximum absolute atomic E-state index is 6.23. The summed E-state index contributed by atoms with van der Waals surface area (Å²) < 4.78 is 0. The molecule has 0 amide bonds. The predicted octanol–water partition coefficient (Wildman–Crippen LogP) is 3.74. The lowest BCUT2D eigenvalue weighted by Crippen LogP contribution is -2.27. The predicted molar refractivity (Wildman–Crippen MR) is 92.0 cm³/mol. The van der Waals surface area contributed by atoms with E-state index in [2.05, 4.69) is 42.5 Å². The normalized spacial score (nSPS) is 26.5. The van der Waals surface area contributed by atoms with Crippen LogP contribution in [-0.2, 0) is 0 Å². The van der Waals surface area contributed by atoms with Gasteiger partial charge in [-0.25, -0.2) is 0 Å². The molecule has 4 rings (SSSR count). The number of rotatable bonds is 2. The summed E-state index contributed by atoms with van der Waals surface area (Å²) in [5.74, 6) is 0.947. The first kappa shape index (κ1) is 14.0. The first-order chi connectivity index (χ1) is 10.8. The summed E-state index contributed by atoms with van der Waals surface area (Å²) in [4.78, 5) is 0. The third-order valence-corrected chi connectivity index (χ3v) is 5.50. The van der Waals surface area contributed by atoms with Gasteiger partial charge in [0, 0.05) is 18.5 Å². The van der Waals surface area contributed by atoms with Gasteiger partial charge in [0.1, 0.15) is 0 Å². The van der Waals surface area contributed by atoms with Gasteiger partial charge in [0.2, 0.25) is 0 Å². The number of benzene rings is 2. The van der Waals surface area contributed by atoms with Crippen LogP contribution >= 0.6 is 0 Å². The highest BCUT2D eigenvalue weighted by atomic mass is 14.6. The average Bonchev–Trinajstić information content (AvgIpc) is 2.88. The third kappa shape index (κ3) is 2.10. The van der Waals surface area contributed by atoms with E-state index in [1.165, 1.54) is 47.1 Å². The molecule has 2 heteroatoms. The minimum atomic E-state index is 0.348. The Kier molecular flexibility index (Phi) is 3.51. The molecule has 0 heterocycles. The van der Waals surface area contributed by atoms with Gasteiger partial charge in [-0.15, -0.1) is 0 Å². The molecular weight excluding hydrogens is 268 g/mol. The van der Waals surface area contributed by atoms with Crippen LogP contribution in [0.3, 0.4) is 0 Å². The molecule has 3 unspecified atom stereocenters. The van der Waals surface area contributed by atoms with Gasteiger partial charge in [0.25, 0.3) is 0 Å². The molecule has 1 saturated carbocycles. The van der Waals surface area contributed by atoms with E-state index in [-0.39, 0.29) is 0 Å². The fraction of sp³-hybridized carbons (Fsp3) is 0.400. The largest absolute Gasteiger partial charge is 0.330 e. The molecule has 0 aromatic heterocycles. The molecule has 0 spiro atoms. The molecule has 0 radical (unpaired) electrons. The molecular formula is C20H24N2. The Morgan fingerprint density at radius 2 is 1.68 bits per heavy atom. The molecule has 22 heavy (non-hydrogen) atoms. The lowest BCUT2D eigenvalue weighted by atomic mass is 9.77. The van der Waals surface area contributed by atoms with Gasteiger partial charge in [0.15, 0.2) is 0 Å². The van der Waals surface area contributed by atoms with Crippen molar-refractivity contribution in [2.75, 3.05) is 6.54 Å². The van der Waals surface area contributed by atoms with E-state index >= 15 is 0 Å². The number of nitrogens with two attached hydrogens (primary N) is 2. The smallest absolute Gasteiger partial charge is 0.0227 e. The van der Waals surface area contributed by atoms with Gasteiger partial charge in [-0.3, -0.25) is 0 Å². The van der Waals surface area contributed by atoms with Crippen LogP contribution in [0.2, 0.25) is 0 Å². The van der Waals surface area contributed by atoms with E-state index in [1.807, 2.05) is 0 Å². The third-order valence-electron chi connectivity index (χ3n) is 5.50. The van der Waals surface area contributed by atoms with Gasteiger partial charge in [-0.05, 0) is 53.0 Å². The lowest BCUT2D eigenvalue weighted by molar-refractivity contribution is 0.391. The van der Waals surface area contributed by atoms with Crippen LogP contribution in [-0.4, -0.2) is 12.6 Å². The van der Waals surface area contributed by atoms with Crippen molar-refractivity contribution in [1.82, 2.24) is 0 Å². The van der Waals surface area contributed by atoms with Crippen LogP contribution in [0.1, 0.15) is 54.2 Å².